The summed E-state index contributed by atoms with van der Waals surface area (Å²) in [6.07, 6.45) is 2.27. The van der Waals surface area contributed by atoms with E-state index in [4.69, 9.17) is 4.42 Å². The molecular weight excluding hydrogens is 366 g/mol. The minimum Gasteiger partial charge on any atom is -0.403 e. The van der Waals surface area contributed by atoms with E-state index < -0.39 is 0 Å². The molecule has 0 fully saturated rings. The number of hydrogen-bond donors (Lipinski definition) is 1. The van der Waals surface area contributed by atoms with Gasteiger partial charge in [-0.15, -0.1) is 28.6 Å². The number of thioether (sulfide) groups is 2. The Hall–Kier alpha value is -2.25. The van der Waals surface area contributed by atoms with E-state index in [1.54, 1.807) is 23.5 Å². The number of anilines is 1. The Morgan fingerprint density at radius 1 is 1.12 bits per heavy atom. The van der Waals surface area contributed by atoms with Crippen LogP contribution in [0.1, 0.15) is 12.5 Å². The van der Waals surface area contributed by atoms with E-state index in [0.29, 0.717) is 5.89 Å². The Morgan fingerprint density at radius 2 is 1.92 bits per heavy atom. The Bertz CT molecular complexity index is 879. The molecule has 2 aromatic carbocycles. The molecule has 0 bridgehead atoms. The number of amides is 1. The molecule has 1 N–H and O–H groups in total. The summed E-state index contributed by atoms with van der Waals surface area (Å²) in [4.78, 5) is 14.5. The van der Waals surface area contributed by atoms with Crippen molar-refractivity contribution in [1.82, 2.24) is 10.2 Å². The van der Waals surface area contributed by atoms with Gasteiger partial charge in [0.1, 0.15) is 0 Å². The van der Waals surface area contributed by atoms with Crippen LogP contribution in [0.15, 0.2) is 62.7 Å². The number of carbonyl (C=O) groups excluding carboxylic acids is 1. The molecule has 0 aliphatic heterocycles. The van der Waals surface area contributed by atoms with Crippen molar-refractivity contribution in [3.63, 3.8) is 0 Å². The fourth-order valence-corrected chi connectivity index (χ4v) is 3.49. The van der Waals surface area contributed by atoms with Gasteiger partial charge in [-0.2, -0.15) is 0 Å². The van der Waals surface area contributed by atoms with Crippen LogP contribution in [0, 0.1) is 0 Å². The van der Waals surface area contributed by atoms with Gasteiger partial charge in [-0.3, -0.25) is 10.1 Å². The highest BCUT2D eigenvalue weighted by Gasteiger charge is 2.12. The zero-order valence-electron chi connectivity index (χ0n) is 14.6. The number of rotatable bonds is 7. The smallest absolute Gasteiger partial charge is 0.322 e. The molecule has 5 nitrogen and oxygen atoms in total. The molecule has 134 valence electrons. The third kappa shape index (κ3) is 4.89. The molecule has 1 amide bonds. The number of aromatic nitrogens is 2. The summed E-state index contributed by atoms with van der Waals surface area (Å²) in [5.41, 5.74) is 1.77. The number of hydrogen-bond acceptors (Lipinski definition) is 6. The van der Waals surface area contributed by atoms with Crippen LogP contribution >= 0.6 is 23.5 Å². The van der Waals surface area contributed by atoms with Gasteiger partial charge in [0.2, 0.25) is 11.8 Å². The molecule has 0 saturated carbocycles. The highest BCUT2D eigenvalue weighted by molar-refractivity contribution is 7.99. The number of nitrogens with one attached hydrogen (secondary N) is 1. The molecule has 0 saturated heterocycles. The minimum absolute atomic E-state index is 0.109. The van der Waals surface area contributed by atoms with Crippen LogP contribution in [0.5, 0.6) is 0 Å². The third-order valence-electron chi connectivity index (χ3n) is 3.59. The van der Waals surface area contributed by atoms with Crippen LogP contribution in [0.4, 0.5) is 6.01 Å². The maximum absolute atomic E-state index is 12.2. The summed E-state index contributed by atoms with van der Waals surface area (Å²) in [6.45, 7) is 2.11. The lowest BCUT2D eigenvalue weighted by Gasteiger charge is -2.03. The van der Waals surface area contributed by atoms with Gasteiger partial charge in [-0.05, 0) is 47.9 Å². The summed E-state index contributed by atoms with van der Waals surface area (Å²) in [7, 11) is 0. The van der Waals surface area contributed by atoms with Crippen molar-refractivity contribution in [3.05, 3.63) is 54.1 Å². The molecule has 0 aliphatic carbocycles. The monoisotopic (exact) mass is 385 g/mol. The van der Waals surface area contributed by atoms with Gasteiger partial charge >= 0.3 is 6.01 Å². The number of nitrogens with zero attached hydrogens (tertiary/aromatic N) is 2. The molecule has 7 heteroatoms. The van der Waals surface area contributed by atoms with E-state index in [1.165, 1.54) is 4.90 Å². The zero-order chi connectivity index (χ0) is 18.4. The van der Waals surface area contributed by atoms with Crippen molar-refractivity contribution in [2.45, 2.75) is 23.1 Å². The van der Waals surface area contributed by atoms with Crippen LogP contribution in [0.2, 0.25) is 0 Å². The maximum Gasteiger partial charge on any atom is 0.322 e. The van der Waals surface area contributed by atoms with Gasteiger partial charge in [-0.25, -0.2) is 0 Å². The molecule has 0 unspecified atom stereocenters. The Labute approximate surface area is 161 Å². The van der Waals surface area contributed by atoms with Crippen LogP contribution < -0.4 is 5.32 Å². The normalized spacial score (nSPS) is 10.7. The van der Waals surface area contributed by atoms with E-state index in [1.807, 2.05) is 54.8 Å². The first-order chi connectivity index (χ1) is 12.7. The van der Waals surface area contributed by atoms with Crippen molar-refractivity contribution in [3.8, 4) is 11.5 Å². The first-order valence-electron chi connectivity index (χ1n) is 8.17. The zero-order valence-corrected chi connectivity index (χ0v) is 16.2. The second-order valence-corrected chi connectivity index (χ2v) is 7.66. The highest BCUT2D eigenvalue weighted by Crippen LogP contribution is 2.24. The molecule has 0 radical (unpaired) electrons. The van der Waals surface area contributed by atoms with Gasteiger partial charge in [0, 0.05) is 15.4 Å². The van der Waals surface area contributed by atoms with Crippen LogP contribution in [0.3, 0.4) is 0 Å². The molecule has 3 rings (SSSR count). The summed E-state index contributed by atoms with van der Waals surface area (Å²) < 4.78 is 5.56. The van der Waals surface area contributed by atoms with E-state index >= 15 is 0 Å². The van der Waals surface area contributed by atoms with Crippen LogP contribution in [-0.2, 0) is 11.2 Å². The van der Waals surface area contributed by atoms with Crippen molar-refractivity contribution < 1.29 is 9.21 Å². The summed E-state index contributed by atoms with van der Waals surface area (Å²) in [5, 5.41) is 10.6. The van der Waals surface area contributed by atoms with E-state index in [9.17, 15) is 4.79 Å². The summed E-state index contributed by atoms with van der Waals surface area (Å²) >= 11 is 3.41. The second-order valence-electron chi connectivity index (χ2n) is 5.45. The first-order valence-corrected chi connectivity index (χ1v) is 10.4. The lowest BCUT2D eigenvalue weighted by atomic mass is 10.1. The fraction of sp³-hybridized carbons (Fsp3) is 0.211. The fourth-order valence-electron chi connectivity index (χ4n) is 2.37. The quantitative estimate of drug-likeness (QED) is 0.592. The predicted octanol–water partition coefficient (Wildman–Crippen LogP) is 4.75. The van der Waals surface area contributed by atoms with Gasteiger partial charge in [-0.1, -0.05) is 30.2 Å². The van der Waals surface area contributed by atoms with E-state index in [-0.39, 0.29) is 18.3 Å². The molecule has 1 aromatic heterocycles. The second kappa shape index (κ2) is 8.91. The van der Waals surface area contributed by atoms with Gasteiger partial charge in [0.25, 0.3) is 0 Å². The van der Waals surface area contributed by atoms with Gasteiger partial charge < -0.3 is 4.42 Å². The van der Waals surface area contributed by atoms with Crippen LogP contribution in [0.25, 0.3) is 11.5 Å². The molecule has 1 heterocycles. The predicted molar refractivity (Wildman–Crippen MR) is 107 cm³/mol. The highest BCUT2D eigenvalue weighted by atomic mass is 32.2. The summed E-state index contributed by atoms with van der Waals surface area (Å²) in [5.74, 6) is 1.23. The van der Waals surface area contributed by atoms with Crippen molar-refractivity contribution in [1.29, 1.82) is 0 Å². The SMILES string of the molecule is CCSc1ccc(CC(=O)Nc2nnc(-c3cccc(SC)c3)o2)cc1. The summed E-state index contributed by atoms with van der Waals surface area (Å²) in [6, 6.07) is 15.9. The molecular formula is C19H19N3O2S2. The third-order valence-corrected chi connectivity index (χ3v) is 5.21. The minimum atomic E-state index is -0.186. The molecule has 3 aromatic rings. The Balaban J connectivity index is 1.62. The lowest BCUT2D eigenvalue weighted by molar-refractivity contribution is -0.115. The van der Waals surface area contributed by atoms with Crippen molar-refractivity contribution >= 4 is 35.4 Å². The average molecular weight is 386 g/mol. The standard InChI is InChI=1S/C19H19N3O2S2/c1-3-26-15-9-7-13(8-10-15)11-17(23)20-19-22-21-18(24-19)14-5-4-6-16(12-14)25-2/h4-10,12H,3,11H2,1-2H3,(H,20,22,23). The number of benzene rings is 2. The topological polar surface area (TPSA) is 68.0 Å². The van der Waals surface area contributed by atoms with E-state index in [2.05, 4.69) is 22.4 Å². The first kappa shape index (κ1) is 18.5. The largest absolute Gasteiger partial charge is 0.403 e. The lowest BCUT2D eigenvalue weighted by Crippen LogP contribution is -2.14. The average Bonchev–Trinajstić information content (AvgIpc) is 3.12. The number of carbonyl (C=O) groups is 1. The van der Waals surface area contributed by atoms with E-state index in [0.717, 1.165) is 21.8 Å². The molecule has 0 spiro atoms. The molecule has 0 atom stereocenters. The van der Waals surface area contributed by atoms with Gasteiger partial charge in [0.05, 0.1) is 6.42 Å². The van der Waals surface area contributed by atoms with Crippen molar-refractivity contribution in [2.24, 2.45) is 0 Å². The molecule has 26 heavy (non-hydrogen) atoms. The van der Waals surface area contributed by atoms with Crippen LogP contribution in [-0.4, -0.2) is 28.1 Å². The van der Waals surface area contributed by atoms with Crippen molar-refractivity contribution in [2.75, 3.05) is 17.3 Å². The maximum atomic E-state index is 12.2. The Kier molecular flexibility index (Phi) is 6.35. The Morgan fingerprint density at radius 3 is 2.65 bits per heavy atom. The van der Waals surface area contributed by atoms with Gasteiger partial charge in [0.15, 0.2) is 0 Å². The molecule has 0 aliphatic rings.